The molecule has 4 aromatic rings. The van der Waals surface area contributed by atoms with Crippen molar-refractivity contribution in [2.75, 3.05) is 50.0 Å². The number of aromatic nitrogens is 4. The molecule has 2 aromatic carbocycles. The van der Waals surface area contributed by atoms with Crippen LogP contribution in [0.3, 0.4) is 0 Å². The molecule has 1 aliphatic rings. The van der Waals surface area contributed by atoms with Crippen molar-refractivity contribution in [3.05, 3.63) is 54.4 Å². The van der Waals surface area contributed by atoms with E-state index in [2.05, 4.69) is 50.3 Å². The van der Waals surface area contributed by atoms with Gasteiger partial charge in [-0.1, -0.05) is 24.3 Å². The molecule has 0 amide bonds. The lowest BCUT2D eigenvalue weighted by molar-refractivity contribution is 0.312. The van der Waals surface area contributed by atoms with Crippen molar-refractivity contribution >= 4 is 33.7 Å². The van der Waals surface area contributed by atoms with Gasteiger partial charge >= 0.3 is 0 Å². The summed E-state index contributed by atoms with van der Waals surface area (Å²) in [7, 11) is 2.17. The van der Waals surface area contributed by atoms with Gasteiger partial charge in [-0.25, -0.2) is 9.97 Å². The average Bonchev–Trinajstić information content (AvgIpc) is 3.17. The Morgan fingerprint density at radius 1 is 0.897 bits per heavy atom. The number of likely N-dealkylation sites (N-methyl/N-ethyl adjacent to an activating group) is 1. The second-order valence-corrected chi connectivity index (χ2v) is 7.56. The van der Waals surface area contributed by atoms with Crippen LogP contribution >= 0.6 is 0 Å². The number of hydrogen-bond donors (Lipinski definition) is 2. The van der Waals surface area contributed by atoms with Crippen molar-refractivity contribution in [1.82, 2.24) is 24.8 Å². The minimum Gasteiger partial charge on any atom is -0.354 e. The molecule has 0 radical (unpaired) electrons. The van der Waals surface area contributed by atoms with Crippen LogP contribution in [0.5, 0.6) is 0 Å². The number of benzene rings is 2. The first-order chi connectivity index (χ1) is 14.3. The highest BCUT2D eigenvalue weighted by atomic mass is 15.3. The number of aromatic amines is 1. The lowest BCUT2D eigenvalue weighted by atomic mass is 10.2. The quantitative estimate of drug-likeness (QED) is 0.549. The van der Waals surface area contributed by atoms with Gasteiger partial charge in [0, 0.05) is 44.5 Å². The molecule has 0 aliphatic carbocycles. The van der Waals surface area contributed by atoms with E-state index in [4.69, 9.17) is 9.97 Å². The van der Waals surface area contributed by atoms with Gasteiger partial charge in [0.2, 0.25) is 5.95 Å². The first-order valence-corrected chi connectivity index (χ1v) is 10.1. The maximum absolute atomic E-state index is 4.88. The Labute approximate surface area is 169 Å². The number of nitrogens with one attached hydrogen (secondary N) is 2. The van der Waals surface area contributed by atoms with Crippen molar-refractivity contribution in [1.29, 1.82) is 0 Å². The van der Waals surface area contributed by atoms with Gasteiger partial charge in [-0.15, -0.1) is 0 Å². The van der Waals surface area contributed by atoms with Gasteiger partial charge in [0.1, 0.15) is 11.6 Å². The molecule has 7 heteroatoms. The van der Waals surface area contributed by atoms with Crippen LogP contribution in [-0.2, 0) is 6.42 Å². The molecule has 1 saturated heterocycles. The molecular weight excluding hydrogens is 362 g/mol. The molecule has 0 unspecified atom stereocenters. The largest absolute Gasteiger partial charge is 0.354 e. The predicted molar refractivity (Wildman–Crippen MR) is 118 cm³/mol. The average molecular weight is 387 g/mol. The summed E-state index contributed by atoms with van der Waals surface area (Å²) in [4.78, 5) is 22.3. The number of anilines is 2. The summed E-state index contributed by atoms with van der Waals surface area (Å²) in [6.45, 7) is 4.78. The molecule has 3 heterocycles. The summed E-state index contributed by atoms with van der Waals surface area (Å²) in [6, 6.07) is 16.4. The number of para-hydroxylation sites is 3. The molecule has 0 atom stereocenters. The molecule has 2 N–H and O–H groups in total. The van der Waals surface area contributed by atoms with E-state index >= 15 is 0 Å². The fourth-order valence-corrected chi connectivity index (χ4v) is 3.81. The lowest BCUT2D eigenvalue weighted by Crippen LogP contribution is -2.45. The summed E-state index contributed by atoms with van der Waals surface area (Å²) >= 11 is 0. The summed E-state index contributed by atoms with van der Waals surface area (Å²) < 4.78 is 0. The first kappa shape index (κ1) is 17.9. The van der Waals surface area contributed by atoms with Crippen molar-refractivity contribution < 1.29 is 0 Å². The third-order valence-corrected chi connectivity index (χ3v) is 5.47. The molecule has 1 aliphatic heterocycles. The van der Waals surface area contributed by atoms with E-state index in [-0.39, 0.29) is 0 Å². The van der Waals surface area contributed by atoms with E-state index in [1.54, 1.807) is 0 Å². The number of imidazole rings is 1. The predicted octanol–water partition coefficient (Wildman–Crippen LogP) is 2.91. The van der Waals surface area contributed by atoms with Crippen LogP contribution in [0.2, 0.25) is 0 Å². The fourth-order valence-electron chi connectivity index (χ4n) is 3.81. The number of piperazine rings is 1. The standard InChI is InChI=1S/C22H25N7/c1-28-12-14-29(15-13-28)21-16-6-2-3-7-17(16)26-22(27-21)23-11-10-20-24-18-8-4-5-9-19(18)25-20/h2-9H,10-15H2,1H3,(H,24,25)(H,23,26,27). The molecular formula is C22H25N7. The summed E-state index contributed by atoms with van der Waals surface area (Å²) in [5.74, 6) is 2.67. The highest BCUT2D eigenvalue weighted by molar-refractivity contribution is 5.90. The van der Waals surface area contributed by atoms with E-state index in [0.717, 1.165) is 72.7 Å². The monoisotopic (exact) mass is 387 g/mol. The van der Waals surface area contributed by atoms with Gasteiger partial charge in [0.15, 0.2) is 0 Å². The van der Waals surface area contributed by atoms with E-state index in [9.17, 15) is 0 Å². The van der Waals surface area contributed by atoms with Crippen LogP contribution in [-0.4, -0.2) is 64.6 Å². The normalized spacial score (nSPS) is 15.3. The van der Waals surface area contributed by atoms with E-state index in [1.807, 2.05) is 30.3 Å². The van der Waals surface area contributed by atoms with Crippen LogP contribution in [0, 0.1) is 0 Å². The summed E-state index contributed by atoms with van der Waals surface area (Å²) in [5.41, 5.74) is 3.05. The SMILES string of the molecule is CN1CCN(c2nc(NCCc3nc4ccccc4[nH]3)nc3ccccc23)CC1. The number of nitrogens with zero attached hydrogens (tertiary/aromatic N) is 5. The lowest BCUT2D eigenvalue weighted by Gasteiger charge is -2.33. The Balaban J connectivity index is 1.35. The maximum Gasteiger partial charge on any atom is 0.225 e. The molecule has 29 heavy (non-hydrogen) atoms. The summed E-state index contributed by atoms with van der Waals surface area (Å²) in [5, 5.41) is 4.51. The van der Waals surface area contributed by atoms with Crippen molar-refractivity contribution in [3.63, 3.8) is 0 Å². The maximum atomic E-state index is 4.88. The van der Waals surface area contributed by atoms with Gasteiger partial charge in [0.25, 0.3) is 0 Å². The third-order valence-electron chi connectivity index (χ3n) is 5.47. The molecule has 0 spiro atoms. The Bertz CT molecular complexity index is 1100. The molecule has 7 nitrogen and oxygen atoms in total. The van der Waals surface area contributed by atoms with Crippen molar-refractivity contribution in [2.45, 2.75) is 6.42 Å². The van der Waals surface area contributed by atoms with Gasteiger partial charge in [-0.05, 0) is 31.3 Å². The Morgan fingerprint density at radius 2 is 1.66 bits per heavy atom. The number of fused-ring (bicyclic) bond motifs is 2. The van der Waals surface area contributed by atoms with Crippen LogP contribution in [0.15, 0.2) is 48.5 Å². The first-order valence-electron chi connectivity index (χ1n) is 10.1. The molecule has 0 bridgehead atoms. The summed E-state index contributed by atoms with van der Waals surface area (Å²) in [6.07, 6.45) is 0.786. The smallest absolute Gasteiger partial charge is 0.225 e. The molecule has 5 rings (SSSR count). The molecule has 0 saturated carbocycles. The van der Waals surface area contributed by atoms with Crippen molar-refractivity contribution in [3.8, 4) is 0 Å². The third kappa shape index (κ3) is 3.73. The molecule has 1 fully saturated rings. The Hall–Kier alpha value is -3.19. The van der Waals surface area contributed by atoms with Crippen molar-refractivity contribution in [2.24, 2.45) is 0 Å². The van der Waals surface area contributed by atoms with E-state index in [0.29, 0.717) is 5.95 Å². The number of rotatable bonds is 5. The topological polar surface area (TPSA) is 73.0 Å². The highest BCUT2D eigenvalue weighted by Crippen LogP contribution is 2.26. The van der Waals surface area contributed by atoms with Gasteiger partial charge in [0.05, 0.1) is 16.6 Å². The zero-order chi connectivity index (χ0) is 19.6. The van der Waals surface area contributed by atoms with E-state index in [1.165, 1.54) is 0 Å². The molecule has 148 valence electrons. The van der Waals surface area contributed by atoms with Crippen LogP contribution in [0.25, 0.3) is 21.9 Å². The van der Waals surface area contributed by atoms with Crippen LogP contribution in [0.1, 0.15) is 5.82 Å². The van der Waals surface area contributed by atoms with Gasteiger partial charge < -0.3 is 20.1 Å². The van der Waals surface area contributed by atoms with E-state index < -0.39 is 0 Å². The Morgan fingerprint density at radius 3 is 2.48 bits per heavy atom. The van der Waals surface area contributed by atoms with Gasteiger partial charge in [-0.2, -0.15) is 4.98 Å². The zero-order valence-electron chi connectivity index (χ0n) is 16.6. The zero-order valence-corrected chi connectivity index (χ0v) is 16.6. The highest BCUT2D eigenvalue weighted by Gasteiger charge is 2.19. The minimum absolute atomic E-state index is 0.675. The Kier molecular flexibility index (Phi) is 4.73. The van der Waals surface area contributed by atoms with Crippen LogP contribution < -0.4 is 10.2 Å². The minimum atomic E-state index is 0.675. The molecule has 2 aromatic heterocycles. The van der Waals surface area contributed by atoms with Crippen LogP contribution in [0.4, 0.5) is 11.8 Å². The number of H-pyrrole nitrogens is 1. The fraction of sp³-hybridized carbons (Fsp3) is 0.318. The number of hydrogen-bond acceptors (Lipinski definition) is 6. The second-order valence-electron chi connectivity index (χ2n) is 7.56. The second kappa shape index (κ2) is 7.67. The van der Waals surface area contributed by atoms with Gasteiger partial charge in [-0.3, -0.25) is 0 Å².